The standard InChI is InChI=1S/C30H30N2O4/c1-4-36-26-16-20(14-15-24(26)33)28-27-22(17-30(2,3)18-25(27)34)31-21-12-8-9-13-23(21)32(28)29(35)19-10-6-5-7-11-19/h5-16,28,31,33H,4,17-18H2,1-3H3/t28-/m1/s1. The van der Waals surface area contributed by atoms with Crippen LogP contribution >= 0.6 is 0 Å². The first-order valence-corrected chi connectivity index (χ1v) is 12.3. The number of carbonyl (C=O) groups is 2. The molecule has 0 saturated carbocycles. The number of hydrogen-bond acceptors (Lipinski definition) is 5. The van der Waals surface area contributed by atoms with E-state index in [0.717, 1.165) is 11.4 Å². The van der Waals surface area contributed by atoms with Crippen LogP contribution in [0.25, 0.3) is 0 Å². The lowest BCUT2D eigenvalue weighted by Crippen LogP contribution is -2.39. The van der Waals surface area contributed by atoms with Crippen molar-refractivity contribution in [2.45, 2.75) is 39.7 Å². The topological polar surface area (TPSA) is 78.9 Å². The van der Waals surface area contributed by atoms with E-state index in [1.54, 1.807) is 35.2 Å². The molecule has 0 spiro atoms. The molecule has 1 heterocycles. The molecule has 5 rings (SSSR count). The van der Waals surface area contributed by atoms with E-state index < -0.39 is 6.04 Å². The van der Waals surface area contributed by atoms with Gasteiger partial charge in [-0.2, -0.15) is 0 Å². The van der Waals surface area contributed by atoms with Gasteiger partial charge in [0.05, 0.1) is 24.0 Å². The zero-order chi connectivity index (χ0) is 25.4. The second kappa shape index (κ2) is 9.19. The van der Waals surface area contributed by atoms with E-state index in [9.17, 15) is 14.7 Å². The average Bonchev–Trinajstić information content (AvgIpc) is 2.99. The van der Waals surface area contributed by atoms with Crippen LogP contribution in [0.4, 0.5) is 11.4 Å². The Bertz CT molecular complexity index is 1360. The summed E-state index contributed by atoms with van der Waals surface area (Å²) in [6.07, 6.45) is 1.05. The Morgan fingerprint density at radius 1 is 1.06 bits per heavy atom. The van der Waals surface area contributed by atoms with Crippen molar-refractivity contribution in [3.8, 4) is 11.5 Å². The summed E-state index contributed by atoms with van der Waals surface area (Å²) in [5, 5.41) is 13.9. The van der Waals surface area contributed by atoms with E-state index in [-0.39, 0.29) is 22.9 Å². The number of aromatic hydroxyl groups is 1. The third-order valence-electron chi connectivity index (χ3n) is 6.74. The van der Waals surface area contributed by atoms with Gasteiger partial charge in [-0.1, -0.05) is 50.2 Å². The quantitative estimate of drug-likeness (QED) is 0.460. The number of rotatable bonds is 4. The number of carbonyl (C=O) groups excluding carboxylic acids is 2. The minimum atomic E-state index is -0.702. The van der Waals surface area contributed by atoms with Crippen molar-refractivity contribution >= 4 is 23.1 Å². The molecule has 1 aliphatic carbocycles. The Labute approximate surface area is 211 Å². The fraction of sp³-hybridized carbons (Fsp3) is 0.267. The van der Waals surface area contributed by atoms with Crippen LogP contribution in [0.15, 0.2) is 84.1 Å². The largest absolute Gasteiger partial charge is 0.504 e. The van der Waals surface area contributed by atoms with Gasteiger partial charge in [0.2, 0.25) is 0 Å². The van der Waals surface area contributed by atoms with Gasteiger partial charge in [0.15, 0.2) is 17.3 Å². The van der Waals surface area contributed by atoms with Crippen LogP contribution in [0.3, 0.4) is 0 Å². The lowest BCUT2D eigenvalue weighted by atomic mass is 9.73. The molecule has 2 N–H and O–H groups in total. The number of para-hydroxylation sites is 2. The van der Waals surface area contributed by atoms with Crippen LogP contribution in [0.1, 0.15) is 55.6 Å². The molecule has 36 heavy (non-hydrogen) atoms. The molecular formula is C30H30N2O4. The molecule has 0 saturated heterocycles. The van der Waals surface area contributed by atoms with E-state index in [1.807, 2.05) is 49.4 Å². The number of amides is 1. The molecule has 3 aromatic rings. The zero-order valence-electron chi connectivity index (χ0n) is 20.7. The van der Waals surface area contributed by atoms with Crippen molar-refractivity contribution < 1.29 is 19.4 Å². The maximum atomic E-state index is 14.2. The molecule has 1 aliphatic heterocycles. The van der Waals surface area contributed by atoms with Gasteiger partial charge in [-0.15, -0.1) is 0 Å². The van der Waals surface area contributed by atoms with Crippen LogP contribution in [0.2, 0.25) is 0 Å². The minimum absolute atomic E-state index is 0.00320. The second-order valence-corrected chi connectivity index (χ2v) is 10.1. The molecule has 0 bridgehead atoms. The lowest BCUT2D eigenvalue weighted by Gasteiger charge is -2.37. The first kappa shape index (κ1) is 23.7. The number of ether oxygens (including phenoxy) is 1. The SMILES string of the molecule is CCOc1cc([C@@H]2C3=C(CC(C)(C)CC3=O)Nc3ccccc3N2C(=O)c2ccccc2)ccc1O. The molecular weight excluding hydrogens is 452 g/mol. The number of hydrogen-bond donors (Lipinski definition) is 2. The van der Waals surface area contributed by atoms with Gasteiger partial charge in [-0.05, 0) is 60.7 Å². The van der Waals surface area contributed by atoms with Crippen molar-refractivity contribution in [2.75, 3.05) is 16.8 Å². The van der Waals surface area contributed by atoms with E-state index in [1.165, 1.54) is 0 Å². The second-order valence-electron chi connectivity index (χ2n) is 10.1. The number of nitrogens with one attached hydrogen (secondary N) is 1. The summed E-state index contributed by atoms with van der Waals surface area (Å²) >= 11 is 0. The van der Waals surface area contributed by atoms with E-state index >= 15 is 0 Å². The smallest absolute Gasteiger partial charge is 0.259 e. The number of nitrogens with zero attached hydrogens (tertiary/aromatic N) is 1. The van der Waals surface area contributed by atoms with Gasteiger partial charge in [0.25, 0.3) is 5.91 Å². The van der Waals surface area contributed by atoms with Gasteiger partial charge < -0.3 is 15.2 Å². The van der Waals surface area contributed by atoms with Crippen LogP contribution in [-0.2, 0) is 4.79 Å². The van der Waals surface area contributed by atoms with Crippen molar-refractivity contribution in [3.63, 3.8) is 0 Å². The number of phenolic OH excluding ortho intramolecular Hbond substituents is 1. The number of phenols is 1. The highest BCUT2D eigenvalue weighted by molar-refractivity contribution is 6.12. The summed E-state index contributed by atoms with van der Waals surface area (Å²) in [5.74, 6) is 0.119. The van der Waals surface area contributed by atoms with Crippen LogP contribution < -0.4 is 15.0 Å². The first-order valence-electron chi connectivity index (χ1n) is 12.3. The highest BCUT2D eigenvalue weighted by Crippen LogP contribution is 2.49. The molecule has 3 aromatic carbocycles. The molecule has 184 valence electrons. The van der Waals surface area contributed by atoms with Crippen molar-refractivity contribution in [2.24, 2.45) is 5.41 Å². The summed E-state index contributed by atoms with van der Waals surface area (Å²) in [6.45, 7) is 6.39. The maximum absolute atomic E-state index is 14.2. The summed E-state index contributed by atoms with van der Waals surface area (Å²) in [6, 6.07) is 21.1. The Morgan fingerprint density at radius 2 is 1.78 bits per heavy atom. The Morgan fingerprint density at radius 3 is 2.53 bits per heavy atom. The normalized spacial score (nSPS) is 18.6. The first-order chi connectivity index (χ1) is 17.3. The monoisotopic (exact) mass is 482 g/mol. The van der Waals surface area contributed by atoms with Gasteiger partial charge in [-0.3, -0.25) is 14.5 Å². The summed E-state index contributed by atoms with van der Waals surface area (Å²) in [7, 11) is 0. The number of ketones is 1. The number of fused-ring (bicyclic) bond motifs is 1. The molecule has 2 aliphatic rings. The van der Waals surface area contributed by atoms with Gasteiger partial charge in [0.1, 0.15) is 0 Å². The lowest BCUT2D eigenvalue weighted by molar-refractivity contribution is -0.118. The Balaban J connectivity index is 1.80. The third kappa shape index (κ3) is 4.24. The summed E-state index contributed by atoms with van der Waals surface area (Å²) in [5.41, 5.74) is 3.85. The van der Waals surface area contributed by atoms with E-state index in [0.29, 0.717) is 47.6 Å². The van der Waals surface area contributed by atoms with Gasteiger partial charge >= 0.3 is 0 Å². The molecule has 6 heteroatoms. The third-order valence-corrected chi connectivity index (χ3v) is 6.74. The number of allylic oxidation sites excluding steroid dienone is 1. The molecule has 1 atom stereocenters. The van der Waals surface area contributed by atoms with Crippen molar-refractivity contribution in [3.05, 3.63) is 95.2 Å². The highest BCUT2D eigenvalue weighted by Gasteiger charge is 2.43. The van der Waals surface area contributed by atoms with E-state index in [4.69, 9.17) is 4.74 Å². The maximum Gasteiger partial charge on any atom is 0.259 e. The van der Waals surface area contributed by atoms with Gasteiger partial charge in [0, 0.05) is 23.3 Å². The Kier molecular flexibility index (Phi) is 6.04. The molecule has 0 unspecified atom stereocenters. The summed E-state index contributed by atoms with van der Waals surface area (Å²) in [4.78, 5) is 29.7. The predicted octanol–water partition coefficient (Wildman–Crippen LogP) is 6.25. The molecule has 0 fully saturated rings. The Hall–Kier alpha value is -4.06. The predicted molar refractivity (Wildman–Crippen MR) is 140 cm³/mol. The number of Topliss-reactive ketones (excluding diaryl/α,β-unsaturated/α-hetero) is 1. The highest BCUT2D eigenvalue weighted by atomic mass is 16.5. The molecule has 1 amide bonds. The number of anilines is 2. The molecule has 6 nitrogen and oxygen atoms in total. The van der Waals surface area contributed by atoms with Crippen LogP contribution in [0.5, 0.6) is 11.5 Å². The minimum Gasteiger partial charge on any atom is -0.504 e. The summed E-state index contributed by atoms with van der Waals surface area (Å²) < 4.78 is 5.68. The van der Waals surface area contributed by atoms with Gasteiger partial charge in [-0.25, -0.2) is 0 Å². The van der Waals surface area contributed by atoms with Crippen molar-refractivity contribution in [1.82, 2.24) is 0 Å². The van der Waals surface area contributed by atoms with Crippen molar-refractivity contribution in [1.29, 1.82) is 0 Å². The zero-order valence-corrected chi connectivity index (χ0v) is 20.7. The molecule has 0 radical (unpaired) electrons. The van der Waals surface area contributed by atoms with Crippen LogP contribution in [0, 0.1) is 5.41 Å². The fourth-order valence-electron chi connectivity index (χ4n) is 5.22. The molecule has 0 aromatic heterocycles. The fourth-order valence-corrected chi connectivity index (χ4v) is 5.22. The van der Waals surface area contributed by atoms with E-state index in [2.05, 4.69) is 19.2 Å². The number of benzene rings is 3. The van der Waals surface area contributed by atoms with Crippen LogP contribution in [-0.4, -0.2) is 23.4 Å². The average molecular weight is 483 g/mol.